The molecule has 0 spiro atoms. The smallest absolute Gasteiger partial charge is 0.319 e. The molecule has 7 nitrogen and oxygen atoms in total. The first kappa shape index (κ1) is 15.4. The van der Waals surface area contributed by atoms with Crippen LogP contribution in [0.15, 0.2) is 47.1 Å². The maximum absolute atomic E-state index is 11.7. The Balaban J connectivity index is 1.69. The Kier molecular flexibility index (Phi) is 5.42. The summed E-state index contributed by atoms with van der Waals surface area (Å²) in [5.41, 5.74) is 0.606. The molecule has 22 heavy (non-hydrogen) atoms. The van der Waals surface area contributed by atoms with E-state index in [4.69, 9.17) is 9.15 Å². The Morgan fingerprint density at radius 1 is 1.14 bits per heavy atom. The maximum atomic E-state index is 11.7. The van der Waals surface area contributed by atoms with Gasteiger partial charge in [0.15, 0.2) is 0 Å². The van der Waals surface area contributed by atoms with Crippen molar-refractivity contribution in [3.05, 3.63) is 48.4 Å². The number of hydrogen-bond donors (Lipinski definition) is 3. The molecule has 0 aliphatic heterocycles. The van der Waals surface area contributed by atoms with Gasteiger partial charge in [0.05, 0.1) is 26.5 Å². The first-order chi connectivity index (χ1) is 10.7. The van der Waals surface area contributed by atoms with Crippen LogP contribution in [0.5, 0.6) is 5.75 Å². The minimum atomic E-state index is -0.460. The van der Waals surface area contributed by atoms with Crippen LogP contribution < -0.4 is 20.7 Å². The molecule has 0 saturated heterocycles. The van der Waals surface area contributed by atoms with E-state index in [1.807, 2.05) is 0 Å². The highest BCUT2D eigenvalue weighted by Gasteiger charge is 2.06. The molecular weight excluding hydrogens is 286 g/mol. The zero-order chi connectivity index (χ0) is 15.8. The molecule has 1 aromatic carbocycles. The Bertz CT molecular complexity index is 608. The van der Waals surface area contributed by atoms with Crippen LogP contribution in [-0.2, 0) is 11.3 Å². The third kappa shape index (κ3) is 4.86. The van der Waals surface area contributed by atoms with Crippen molar-refractivity contribution >= 4 is 17.6 Å². The van der Waals surface area contributed by atoms with Crippen LogP contribution in [0.4, 0.5) is 10.5 Å². The minimum Gasteiger partial charge on any atom is -0.497 e. The number of carbonyl (C=O) groups is 2. The summed E-state index contributed by atoms with van der Waals surface area (Å²) in [5.74, 6) is 1.04. The van der Waals surface area contributed by atoms with Crippen molar-refractivity contribution in [2.75, 3.05) is 19.0 Å². The molecule has 3 amide bonds. The van der Waals surface area contributed by atoms with Crippen molar-refractivity contribution in [3.63, 3.8) is 0 Å². The van der Waals surface area contributed by atoms with Crippen LogP contribution in [0.2, 0.25) is 0 Å². The molecule has 0 aliphatic carbocycles. The minimum absolute atomic E-state index is 0.122. The molecule has 1 heterocycles. The summed E-state index contributed by atoms with van der Waals surface area (Å²) < 4.78 is 10.1. The average Bonchev–Trinajstić information content (AvgIpc) is 3.05. The zero-order valence-electron chi connectivity index (χ0n) is 12.1. The van der Waals surface area contributed by atoms with Crippen LogP contribution in [0.3, 0.4) is 0 Å². The van der Waals surface area contributed by atoms with Crippen LogP contribution in [-0.4, -0.2) is 25.6 Å². The van der Waals surface area contributed by atoms with Gasteiger partial charge in [0.25, 0.3) is 0 Å². The number of urea groups is 1. The molecule has 7 heteroatoms. The molecule has 0 atom stereocenters. The monoisotopic (exact) mass is 303 g/mol. The van der Waals surface area contributed by atoms with Gasteiger partial charge in [-0.3, -0.25) is 4.79 Å². The predicted octanol–water partition coefficient (Wildman–Crippen LogP) is 1.73. The lowest BCUT2D eigenvalue weighted by Gasteiger charge is -2.08. The molecule has 0 bridgehead atoms. The lowest BCUT2D eigenvalue weighted by Crippen LogP contribution is -2.38. The van der Waals surface area contributed by atoms with E-state index in [0.717, 1.165) is 0 Å². The molecule has 0 fully saturated rings. The van der Waals surface area contributed by atoms with Crippen molar-refractivity contribution in [1.29, 1.82) is 0 Å². The van der Waals surface area contributed by atoms with E-state index >= 15 is 0 Å². The quantitative estimate of drug-likeness (QED) is 0.757. The van der Waals surface area contributed by atoms with Crippen molar-refractivity contribution < 1.29 is 18.7 Å². The number of hydrogen-bond acceptors (Lipinski definition) is 4. The van der Waals surface area contributed by atoms with Gasteiger partial charge in [-0.05, 0) is 36.4 Å². The molecule has 0 unspecified atom stereocenters. The third-order valence-corrected chi connectivity index (χ3v) is 2.80. The number of nitrogens with one attached hydrogen (secondary N) is 3. The largest absolute Gasteiger partial charge is 0.497 e. The SMILES string of the molecule is COc1ccc(NC(=O)NCC(=O)NCc2ccco2)cc1. The summed E-state index contributed by atoms with van der Waals surface area (Å²) >= 11 is 0. The topological polar surface area (TPSA) is 92.6 Å². The van der Waals surface area contributed by atoms with Crippen molar-refractivity contribution in [2.45, 2.75) is 6.54 Å². The second-order valence-electron chi connectivity index (χ2n) is 4.39. The maximum Gasteiger partial charge on any atom is 0.319 e. The van der Waals surface area contributed by atoms with Crippen molar-refractivity contribution in [1.82, 2.24) is 10.6 Å². The lowest BCUT2D eigenvalue weighted by molar-refractivity contribution is -0.120. The molecule has 0 saturated carbocycles. The van der Waals surface area contributed by atoms with Gasteiger partial charge >= 0.3 is 6.03 Å². The van der Waals surface area contributed by atoms with Crippen molar-refractivity contribution in [3.8, 4) is 5.75 Å². The highest BCUT2D eigenvalue weighted by molar-refractivity contribution is 5.92. The standard InChI is InChI=1S/C15H17N3O4/c1-21-12-6-4-11(5-7-12)18-15(20)17-10-14(19)16-9-13-3-2-8-22-13/h2-8H,9-10H2,1H3,(H,16,19)(H2,17,18,20). The molecule has 1 aromatic heterocycles. The van der Waals surface area contributed by atoms with Gasteiger partial charge in [0.1, 0.15) is 11.5 Å². The fourth-order valence-electron chi connectivity index (χ4n) is 1.67. The van der Waals surface area contributed by atoms with Gasteiger partial charge in [-0.25, -0.2) is 4.79 Å². The summed E-state index contributed by atoms with van der Waals surface area (Å²) in [6.45, 7) is 0.163. The average molecular weight is 303 g/mol. The van der Waals surface area contributed by atoms with Crippen LogP contribution in [0, 0.1) is 0 Å². The summed E-state index contributed by atoms with van der Waals surface area (Å²) in [6, 6.07) is 9.90. The highest BCUT2D eigenvalue weighted by Crippen LogP contribution is 2.14. The fraction of sp³-hybridized carbons (Fsp3) is 0.200. The Labute approximate surface area is 127 Å². The number of carbonyl (C=O) groups excluding carboxylic acids is 2. The van der Waals surface area contributed by atoms with Gasteiger partial charge in [-0.15, -0.1) is 0 Å². The number of methoxy groups -OCH3 is 1. The van der Waals surface area contributed by atoms with Gasteiger partial charge in [-0.1, -0.05) is 0 Å². The van der Waals surface area contributed by atoms with Crippen LogP contribution >= 0.6 is 0 Å². The Morgan fingerprint density at radius 2 is 1.91 bits per heavy atom. The predicted molar refractivity (Wildman–Crippen MR) is 80.6 cm³/mol. The normalized spacial score (nSPS) is 9.86. The number of furan rings is 1. The van der Waals surface area contributed by atoms with Crippen LogP contribution in [0.1, 0.15) is 5.76 Å². The van der Waals surface area contributed by atoms with E-state index < -0.39 is 6.03 Å². The van der Waals surface area contributed by atoms with E-state index in [2.05, 4.69) is 16.0 Å². The molecule has 2 rings (SSSR count). The number of ether oxygens (including phenoxy) is 1. The van der Waals surface area contributed by atoms with Crippen molar-refractivity contribution in [2.24, 2.45) is 0 Å². The van der Waals surface area contributed by atoms with E-state index in [1.165, 1.54) is 6.26 Å². The summed E-state index contributed by atoms with van der Waals surface area (Å²) in [5, 5.41) is 7.71. The van der Waals surface area contributed by atoms with Gasteiger partial charge in [0.2, 0.25) is 5.91 Å². The Morgan fingerprint density at radius 3 is 2.55 bits per heavy atom. The second kappa shape index (κ2) is 7.72. The molecule has 0 radical (unpaired) electrons. The van der Waals surface area contributed by atoms with E-state index in [-0.39, 0.29) is 19.0 Å². The second-order valence-corrected chi connectivity index (χ2v) is 4.39. The number of rotatable bonds is 6. The lowest BCUT2D eigenvalue weighted by atomic mass is 10.3. The molecule has 0 aliphatic rings. The molecular formula is C15H17N3O4. The van der Waals surface area contributed by atoms with E-state index in [9.17, 15) is 9.59 Å². The van der Waals surface area contributed by atoms with Crippen LogP contribution in [0.25, 0.3) is 0 Å². The number of anilines is 1. The first-order valence-electron chi connectivity index (χ1n) is 6.65. The number of amides is 3. The summed E-state index contributed by atoms with van der Waals surface area (Å²) in [4.78, 5) is 23.2. The molecule has 116 valence electrons. The van der Waals surface area contributed by atoms with E-state index in [0.29, 0.717) is 17.2 Å². The first-order valence-corrected chi connectivity index (χ1v) is 6.65. The molecule has 3 N–H and O–H groups in total. The third-order valence-electron chi connectivity index (χ3n) is 2.80. The van der Waals surface area contributed by atoms with Gasteiger partial charge in [-0.2, -0.15) is 0 Å². The summed E-state index contributed by atoms with van der Waals surface area (Å²) in [6.07, 6.45) is 1.53. The summed E-state index contributed by atoms with van der Waals surface area (Å²) in [7, 11) is 1.57. The number of benzene rings is 1. The van der Waals surface area contributed by atoms with Gasteiger partial charge < -0.3 is 25.1 Å². The Hall–Kier alpha value is -2.96. The highest BCUT2D eigenvalue weighted by atomic mass is 16.5. The zero-order valence-corrected chi connectivity index (χ0v) is 12.1. The van der Waals surface area contributed by atoms with Gasteiger partial charge in [0, 0.05) is 5.69 Å². The fourth-order valence-corrected chi connectivity index (χ4v) is 1.67. The van der Waals surface area contributed by atoms with E-state index in [1.54, 1.807) is 43.5 Å². The molecule has 2 aromatic rings.